The van der Waals surface area contributed by atoms with E-state index >= 15 is 0 Å². The van der Waals surface area contributed by atoms with Crippen LogP contribution in [0.1, 0.15) is 25.5 Å². The summed E-state index contributed by atoms with van der Waals surface area (Å²) < 4.78 is 26.0. The molecule has 0 aliphatic heterocycles. The van der Waals surface area contributed by atoms with Crippen LogP contribution in [0, 0.1) is 0 Å². The van der Waals surface area contributed by atoms with E-state index in [1.54, 1.807) is 11.3 Å². The van der Waals surface area contributed by atoms with Gasteiger partial charge in [0.15, 0.2) is 0 Å². The Balaban J connectivity index is 2.46. The van der Waals surface area contributed by atoms with Crippen LogP contribution in [0.15, 0.2) is 16.8 Å². The van der Waals surface area contributed by atoms with Crippen molar-refractivity contribution in [3.63, 3.8) is 0 Å². The lowest BCUT2D eigenvalue weighted by atomic mass is 10.2. The molecule has 0 aromatic carbocycles. The molecule has 6 heteroatoms. The fourth-order valence-corrected chi connectivity index (χ4v) is 3.26. The summed E-state index contributed by atoms with van der Waals surface area (Å²) in [6.07, 6.45) is 0. The van der Waals surface area contributed by atoms with Gasteiger partial charge in [0.1, 0.15) is 0 Å². The Bertz CT molecular complexity index is 387. The molecule has 1 heterocycles. The third kappa shape index (κ3) is 4.61. The highest BCUT2D eigenvalue weighted by molar-refractivity contribution is 7.89. The zero-order chi connectivity index (χ0) is 12.0. The maximum absolute atomic E-state index is 11.7. The van der Waals surface area contributed by atoms with Gasteiger partial charge < -0.3 is 5.32 Å². The van der Waals surface area contributed by atoms with Crippen LogP contribution in [-0.4, -0.2) is 27.3 Å². The summed E-state index contributed by atoms with van der Waals surface area (Å²) in [7, 11) is -3.19. The van der Waals surface area contributed by atoms with Crippen LogP contribution in [0.25, 0.3) is 0 Å². The van der Waals surface area contributed by atoms with Crippen molar-refractivity contribution in [3.8, 4) is 0 Å². The van der Waals surface area contributed by atoms with E-state index in [1.165, 1.54) is 0 Å². The van der Waals surface area contributed by atoms with Crippen LogP contribution in [0.3, 0.4) is 0 Å². The minimum Gasteiger partial charge on any atom is -0.316 e. The Labute approximate surface area is 101 Å². The highest BCUT2D eigenvalue weighted by Gasteiger charge is 2.15. The third-order valence-corrected chi connectivity index (χ3v) is 4.35. The zero-order valence-corrected chi connectivity index (χ0v) is 11.2. The standard InChI is InChI=1S/C10H18N2O2S2/c1-3-11-5-7-16(13,14)12-9(2)10-4-6-15-8-10/h4,6,8-9,11-12H,3,5,7H2,1-2H3. The van der Waals surface area contributed by atoms with Gasteiger partial charge in [-0.3, -0.25) is 0 Å². The molecule has 0 bridgehead atoms. The second-order valence-corrected chi connectivity index (χ2v) is 6.22. The lowest BCUT2D eigenvalue weighted by Crippen LogP contribution is -2.33. The summed E-state index contributed by atoms with van der Waals surface area (Å²) in [5.74, 6) is 0.120. The summed E-state index contributed by atoms with van der Waals surface area (Å²) >= 11 is 1.57. The molecule has 0 spiro atoms. The van der Waals surface area contributed by atoms with Gasteiger partial charge in [-0.05, 0) is 35.9 Å². The molecule has 1 rings (SSSR count). The second-order valence-electron chi connectivity index (χ2n) is 3.57. The second kappa shape index (κ2) is 6.34. The molecule has 0 aliphatic rings. The molecule has 0 saturated heterocycles. The number of rotatable bonds is 7. The minimum atomic E-state index is -3.19. The third-order valence-electron chi connectivity index (χ3n) is 2.20. The Hall–Kier alpha value is -0.430. The van der Waals surface area contributed by atoms with Crippen molar-refractivity contribution < 1.29 is 8.42 Å². The summed E-state index contributed by atoms with van der Waals surface area (Å²) in [5, 5.41) is 6.89. The normalized spacial score (nSPS) is 13.9. The van der Waals surface area contributed by atoms with Crippen molar-refractivity contribution in [2.75, 3.05) is 18.8 Å². The molecule has 0 radical (unpaired) electrons. The van der Waals surface area contributed by atoms with Gasteiger partial charge >= 0.3 is 0 Å². The minimum absolute atomic E-state index is 0.120. The lowest BCUT2D eigenvalue weighted by Gasteiger charge is -2.13. The van der Waals surface area contributed by atoms with Gasteiger partial charge in [0.2, 0.25) is 10.0 Å². The highest BCUT2D eigenvalue weighted by atomic mass is 32.2. The summed E-state index contributed by atoms with van der Waals surface area (Å²) in [6, 6.07) is 1.78. The SMILES string of the molecule is CCNCCS(=O)(=O)NC(C)c1ccsc1. The lowest BCUT2D eigenvalue weighted by molar-refractivity contribution is 0.564. The number of thiophene rings is 1. The molecule has 1 atom stereocenters. The molecule has 2 N–H and O–H groups in total. The molecule has 0 amide bonds. The van der Waals surface area contributed by atoms with E-state index in [1.807, 2.05) is 30.7 Å². The summed E-state index contributed by atoms with van der Waals surface area (Å²) in [5.41, 5.74) is 1.01. The summed E-state index contributed by atoms with van der Waals surface area (Å²) in [4.78, 5) is 0. The molecule has 0 fully saturated rings. The van der Waals surface area contributed by atoms with E-state index in [-0.39, 0.29) is 11.8 Å². The van der Waals surface area contributed by atoms with Crippen molar-refractivity contribution in [3.05, 3.63) is 22.4 Å². The predicted octanol–water partition coefficient (Wildman–Crippen LogP) is 1.34. The smallest absolute Gasteiger partial charge is 0.213 e. The van der Waals surface area contributed by atoms with Crippen molar-refractivity contribution >= 4 is 21.4 Å². The maximum Gasteiger partial charge on any atom is 0.213 e. The van der Waals surface area contributed by atoms with Crippen LogP contribution in [-0.2, 0) is 10.0 Å². The molecule has 16 heavy (non-hydrogen) atoms. The van der Waals surface area contributed by atoms with Gasteiger partial charge in [-0.2, -0.15) is 11.3 Å². The van der Waals surface area contributed by atoms with Gasteiger partial charge in [0.25, 0.3) is 0 Å². The van der Waals surface area contributed by atoms with E-state index in [2.05, 4.69) is 10.0 Å². The van der Waals surface area contributed by atoms with Crippen molar-refractivity contribution in [1.29, 1.82) is 0 Å². The maximum atomic E-state index is 11.7. The first kappa shape index (κ1) is 13.6. The monoisotopic (exact) mass is 262 g/mol. The Kier molecular flexibility index (Phi) is 5.40. The molecule has 4 nitrogen and oxygen atoms in total. The van der Waals surface area contributed by atoms with Gasteiger partial charge in [-0.25, -0.2) is 13.1 Å². The van der Waals surface area contributed by atoms with Crippen molar-refractivity contribution in [2.45, 2.75) is 19.9 Å². The number of nitrogens with one attached hydrogen (secondary N) is 2. The van der Waals surface area contributed by atoms with Crippen LogP contribution in [0.4, 0.5) is 0 Å². The molecule has 0 aliphatic carbocycles. The first-order valence-electron chi connectivity index (χ1n) is 5.28. The largest absolute Gasteiger partial charge is 0.316 e. The Morgan fingerprint density at radius 2 is 2.25 bits per heavy atom. The fraction of sp³-hybridized carbons (Fsp3) is 0.600. The Morgan fingerprint density at radius 3 is 2.81 bits per heavy atom. The first-order chi connectivity index (χ1) is 7.55. The van der Waals surface area contributed by atoms with E-state index in [9.17, 15) is 8.42 Å². The van der Waals surface area contributed by atoms with Crippen molar-refractivity contribution in [1.82, 2.24) is 10.0 Å². The number of sulfonamides is 1. The van der Waals surface area contributed by atoms with Crippen molar-refractivity contribution in [2.24, 2.45) is 0 Å². The quantitative estimate of drug-likeness (QED) is 0.729. The topological polar surface area (TPSA) is 58.2 Å². The zero-order valence-electron chi connectivity index (χ0n) is 9.56. The molecular weight excluding hydrogens is 244 g/mol. The average molecular weight is 262 g/mol. The number of hydrogen-bond acceptors (Lipinski definition) is 4. The van der Waals surface area contributed by atoms with Gasteiger partial charge in [0, 0.05) is 12.6 Å². The van der Waals surface area contributed by atoms with Crippen LogP contribution >= 0.6 is 11.3 Å². The molecule has 92 valence electrons. The van der Waals surface area contributed by atoms with E-state index in [4.69, 9.17) is 0 Å². The van der Waals surface area contributed by atoms with Gasteiger partial charge in [0.05, 0.1) is 5.75 Å². The number of hydrogen-bond donors (Lipinski definition) is 2. The van der Waals surface area contributed by atoms with Gasteiger partial charge in [-0.1, -0.05) is 6.92 Å². The van der Waals surface area contributed by atoms with Crippen LogP contribution in [0.2, 0.25) is 0 Å². The average Bonchev–Trinajstić information content (AvgIpc) is 2.69. The molecular formula is C10H18N2O2S2. The van der Waals surface area contributed by atoms with Crippen LogP contribution < -0.4 is 10.0 Å². The molecule has 1 aromatic rings. The fourth-order valence-electron chi connectivity index (χ4n) is 1.30. The van der Waals surface area contributed by atoms with E-state index in [0.29, 0.717) is 6.54 Å². The van der Waals surface area contributed by atoms with E-state index in [0.717, 1.165) is 12.1 Å². The summed E-state index contributed by atoms with van der Waals surface area (Å²) in [6.45, 7) is 5.08. The highest BCUT2D eigenvalue weighted by Crippen LogP contribution is 2.16. The van der Waals surface area contributed by atoms with Gasteiger partial charge in [-0.15, -0.1) is 0 Å². The molecule has 0 saturated carbocycles. The predicted molar refractivity (Wildman–Crippen MR) is 68.2 cm³/mol. The van der Waals surface area contributed by atoms with Crippen LogP contribution in [0.5, 0.6) is 0 Å². The molecule has 1 aromatic heterocycles. The first-order valence-corrected chi connectivity index (χ1v) is 7.87. The van der Waals surface area contributed by atoms with E-state index < -0.39 is 10.0 Å². The Morgan fingerprint density at radius 1 is 1.50 bits per heavy atom. The molecule has 1 unspecified atom stereocenters.